The van der Waals surface area contributed by atoms with Gasteiger partial charge >= 0.3 is 7.60 Å². The fraction of sp³-hybridized carbons (Fsp3) is 0.909. The van der Waals surface area contributed by atoms with E-state index in [1.165, 1.54) is 0 Å². The van der Waals surface area contributed by atoms with Crippen LogP contribution in [0.5, 0.6) is 0 Å². The van der Waals surface area contributed by atoms with Gasteiger partial charge in [0.1, 0.15) is 0 Å². The molecule has 1 unspecified atom stereocenters. The van der Waals surface area contributed by atoms with E-state index in [0.717, 1.165) is 12.8 Å². The van der Waals surface area contributed by atoms with Gasteiger partial charge in [0.15, 0.2) is 5.28 Å². The summed E-state index contributed by atoms with van der Waals surface area (Å²) >= 11 is 0. The molecule has 0 aliphatic carbocycles. The average Bonchev–Trinajstić information content (AvgIpc) is 2.50. The topological polar surface area (TPSA) is 47.9 Å². The van der Waals surface area contributed by atoms with Gasteiger partial charge in [0.2, 0.25) is 0 Å². The first kappa shape index (κ1) is 13.9. The zero-order valence-electron chi connectivity index (χ0n) is 10.8. The molecule has 0 spiro atoms. The second-order valence-electron chi connectivity index (χ2n) is 4.87. The molecule has 94 valence electrons. The standard InChI is InChI=1S/C11H22NO3P/c1-9(2)14-16(13,15-10(3)4)11(5)7-6-8-12-11/h8-10H,6-7H2,1-5H3. The van der Waals surface area contributed by atoms with Crippen molar-refractivity contribution >= 4 is 13.8 Å². The normalized spacial score (nSPS) is 25.9. The highest BCUT2D eigenvalue weighted by Gasteiger charge is 2.49. The summed E-state index contributed by atoms with van der Waals surface area (Å²) in [4.78, 5) is 4.31. The van der Waals surface area contributed by atoms with Gasteiger partial charge in [-0.15, -0.1) is 0 Å². The summed E-state index contributed by atoms with van der Waals surface area (Å²) in [5.74, 6) is 0. The highest BCUT2D eigenvalue weighted by molar-refractivity contribution is 7.55. The van der Waals surface area contributed by atoms with Crippen LogP contribution in [-0.4, -0.2) is 23.7 Å². The predicted molar refractivity (Wildman–Crippen MR) is 66.2 cm³/mol. The van der Waals surface area contributed by atoms with Crippen LogP contribution in [0.1, 0.15) is 47.5 Å². The quantitative estimate of drug-likeness (QED) is 0.697. The van der Waals surface area contributed by atoms with Crippen LogP contribution in [-0.2, 0) is 13.6 Å². The third-order valence-electron chi connectivity index (χ3n) is 2.41. The average molecular weight is 247 g/mol. The van der Waals surface area contributed by atoms with Crippen molar-refractivity contribution in [3.8, 4) is 0 Å². The molecule has 0 radical (unpaired) electrons. The molecule has 0 aromatic carbocycles. The molecule has 1 heterocycles. The molecule has 5 heteroatoms. The Morgan fingerprint density at radius 2 is 1.75 bits per heavy atom. The fourth-order valence-corrected chi connectivity index (χ4v) is 3.92. The maximum absolute atomic E-state index is 12.8. The Kier molecular flexibility index (Phi) is 4.33. The van der Waals surface area contributed by atoms with Crippen molar-refractivity contribution in [2.75, 3.05) is 0 Å². The van der Waals surface area contributed by atoms with Gasteiger partial charge in [0, 0.05) is 6.21 Å². The highest BCUT2D eigenvalue weighted by Crippen LogP contribution is 2.64. The van der Waals surface area contributed by atoms with E-state index in [1.807, 2.05) is 34.6 Å². The molecule has 1 aliphatic heterocycles. The third kappa shape index (κ3) is 2.93. The minimum Gasteiger partial charge on any atom is -0.304 e. The van der Waals surface area contributed by atoms with Crippen LogP contribution in [0.4, 0.5) is 0 Å². The Balaban J connectivity index is 2.94. The van der Waals surface area contributed by atoms with Crippen molar-refractivity contribution in [2.24, 2.45) is 4.99 Å². The number of rotatable bonds is 5. The predicted octanol–water partition coefficient (Wildman–Crippen LogP) is 3.61. The lowest BCUT2D eigenvalue weighted by Gasteiger charge is -2.33. The lowest BCUT2D eigenvalue weighted by molar-refractivity contribution is 0.127. The van der Waals surface area contributed by atoms with Gasteiger partial charge in [-0.3, -0.25) is 9.56 Å². The molecule has 0 aromatic heterocycles. The smallest absolute Gasteiger partial charge is 0.304 e. The first-order chi connectivity index (χ1) is 7.29. The fourth-order valence-electron chi connectivity index (χ4n) is 1.68. The van der Waals surface area contributed by atoms with Crippen molar-refractivity contribution in [3.05, 3.63) is 0 Å². The summed E-state index contributed by atoms with van der Waals surface area (Å²) in [5.41, 5.74) is 0. The van der Waals surface area contributed by atoms with Crippen LogP contribution in [0, 0.1) is 0 Å². The molecule has 16 heavy (non-hydrogen) atoms. The minimum absolute atomic E-state index is 0.128. The van der Waals surface area contributed by atoms with E-state index in [2.05, 4.69) is 4.99 Å². The van der Waals surface area contributed by atoms with Gasteiger partial charge in [0.25, 0.3) is 0 Å². The molecule has 1 rings (SSSR count). The Hall–Kier alpha value is -0.180. The molecule has 0 saturated carbocycles. The largest absolute Gasteiger partial charge is 0.358 e. The lowest BCUT2D eigenvalue weighted by atomic mass is 10.2. The molecule has 0 amide bonds. The summed E-state index contributed by atoms with van der Waals surface area (Å²) in [6.07, 6.45) is 3.11. The molecule has 0 bridgehead atoms. The van der Waals surface area contributed by atoms with Crippen LogP contribution in [0.2, 0.25) is 0 Å². The molecule has 0 fully saturated rings. The summed E-state index contributed by atoms with van der Waals surface area (Å²) in [5, 5.41) is -0.707. The van der Waals surface area contributed by atoms with E-state index in [9.17, 15) is 4.57 Å². The van der Waals surface area contributed by atoms with Crippen LogP contribution in [0.3, 0.4) is 0 Å². The van der Waals surface area contributed by atoms with Gasteiger partial charge in [-0.25, -0.2) is 0 Å². The van der Waals surface area contributed by atoms with Crippen molar-refractivity contribution < 1.29 is 13.6 Å². The zero-order chi connectivity index (χ0) is 12.4. The Bertz CT molecular complexity index is 300. The van der Waals surface area contributed by atoms with Crippen molar-refractivity contribution in [1.29, 1.82) is 0 Å². The number of nitrogens with zero attached hydrogens (tertiary/aromatic N) is 1. The van der Waals surface area contributed by atoms with Crippen molar-refractivity contribution in [1.82, 2.24) is 0 Å². The van der Waals surface area contributed by atoms with E-state index < -0.39 is 12.9 Å². The highest BCUT2D eigenvalue weighted by atomic mass is 31.2. The first-order valence-corrected chi connectivity index (χ1v) is 7.34. The van der Waals surface area contributed by atoms with Crippen LogP contribution in [0.15, 0.2) is 4.99 Å². The summed E-state index contributed by atoms with van der Waals surface area (Å²) in [6.45, 7) is 9.29. The van der Waals surface area contributed by atoms with E-state index in [1.54, 1.807) is 6.21 Å². The molecule has 1 atom stereocenters. The van der Waals surface area contributed by atoms with Gasteiger partial charge in [-0.1, -0.05) is 0 Å². The Morgan fingerprint density at radius 3 is 2.06 bits per heavy atom. The number of hydrogen-bond donors (Lipinski definition) is 0. The molecule has 1 aliphatic rings. The van der Waals surface area contributed by atoms with E-state index >= 15 is 0 Å². The molecular weight excluding hydrogens is 225 g/mol. The first-order valence-electron chi connectivity index (χ1n) is 5.80. The van der Waals surface area contributed by atoms with Crippen molar-refractivity contribution in [2.45, 2.75) is 64.9 Å². The summed E-state index contributed by atoms with van der Waals surface area (Å²) < 4.78 is 23.9. The summed E-state index contributed by atoms with van der Waals surface area (Å²) in [7, 11) is -3.19. The maximum atomic E-state index is 12.8. The molecule has 0 saturated heterocycles. The second-order valence-corrected chi connectivity index (χ2v) is 7.25. The summed E-state index contributed by atoms with van der Waals surface area (Å²) in [6, 6.07) is 0. The van der Waals surface area contributed by atoms with Crippen molar-refractivity contribution in [3.63, 3.8) is 0 Å². The van der Waals surface area contributed by atoms with E-state index in [-0.39, 0.29) is 12.2 Å². The Morgan fingerprint density at radius 1 is 1.25 bits per heavy atom. The monoisotopic (exact) mass is 247 g/mol. The molecule has 0 aromatic rings. The van der Waals surface area contributed by atoms with E-state index in [4.69, 9.17) is 9.05 Å². The second kappa shape index (κ2) is 4.99. The third-order valence-corrected chi connectivity index (χ3v) is 5.32. The zero-order valence-corrected chi connectivity index (χ0v) is 11.7. The van der Waals surface area contributed by atoms with Gasteiger partial charge in [0.05, 0.1) is 12.2 Å². The molecule has 4 nitrogen and oxygen atoms in total. The molecule has 0 N–H and O–H groups in total. The van der Waals surface area contributed by atoms with Gasteiger partial charge in [-0.05, 0) is 47.5 Å². The SMILES string of the molecule is CC(C)OP(=O)(OC(C)C)C1(C)CCC=N1. The molecular formula is C11H22NO3P. The Labute approximate surface area is 98.0 Å². The van der Waals surface area contributed by atoms with Crippen LogP contribution >= 0.6 is 7.60 Å². The van der Waals surface area contributed by atoms with Crippen LogP contribution in [0.25, 0.3) is 0 Å². The number of hydrogen-bond acceptors (Lipinski definition) is 4. The maximum Gasteiger partial charge on any atom is 0.358 e. The number of aliphatic imine (C=N–C) groups is 1. The lowest BCUT2D eigenvalue weighted by Crippen LogP contribution is -2.25. The van der Waals surface area contributed by atoms with Gasteiger partial charge < -0.3 is 9.05 Å². The van der Waals surface area contributed by atoms with E-state index in [0.29, 0.717) is 0 Å². The minimum atomic E-state index is -3.19. The van der Waals surface area contributed by atoms with Crippen LogP contribution < -0.4 is 0 Å². The van der Waals surface area contributed by atoms with Gasteiger partial charge in [-0.2, -0.15) is 0 Å².